The Balaban J connectivity index is 2.12. The Hall–Kier alpha value is -1.32. The molecule has 2 aromatic rings. The Kier molecular flexibility index (Phi) is 3.82. The predicted molar refractivity (Wildman–Crippen MR) is 68.9 cm³/mol. The van der Waals surface area contributed by atoms with Crippen molar-refractivity contribution < 1.29 is 4.52 Å². The van der Waals surface area contributed by atoms with E-state index in [2.05, 4.69) is 24.3 Å². The van der Waals surface area contributed by atoms with E-state index in [-0.39, 0.29) is 0 Å². The van der Waals surface area contributed by atoms with Crippen LogP contribution in [0.4, 0.5) is 0 Å². The lowest BCUT2D eigenvalue weighted by atomic mass is 10.1. The maximum absolute atomic E-state index is 5.93. The number of halogens is 1. The van der Waals surface area contributed by atoms with E-state index in [1.54, 1.807) is 0 Å². The fourth-order valence-electron chi connectivity index (χ4n) is 1.48. The van der Waals surface area contributed by atoms with Gasteiger partial charge in [0.2, 0.25) is 0 Å². The zero-order valence-corrected chi connectivity index (χ0v) is 10.7. The Morgan fingerprint density at radius 2 is 2.18 bits per heavy atom. The van der Waals surface area contributed by atoms with Gasteiger partial charge in [0.05, 0.1) is 5.69 Å². The minimum atomic E-state index is 0.432. The van der Waals surface area contributed by atoms with Gasteiger partial charge in [-0.25, -0.2) is 0 Å². The maximum atomic E-state index is 5.93. The Morgan fingerprint density at radius 3 is 2.88 bits per heavy atom. The second-order valence-electron chi connectivity index (χ2n) is 4.23. The lowest BCUT2D eigenvalue weighted by Crippen LogP contribution is -2.21. The van der Waals surface area contributed by atoms with Crippen LogP contribution in [-0.2, 0) is 6.54 Å². The largest absolute Gasteiger partial charge is 0.356 e. The summed E-state index contributed by atoms with van der Waals surface area (Å²) in [5.74, 6) is 0.744. The van der Waals surface area contributed by atoms with Gasteiger partial charge in [-0.3, -0.25) is 0 Å². The van der Waals surface area contributed by atoms with E-state index in [1.165, 1.54) is 0 Å². The summed E-state index contributed by atoms with van der Waals surface area (Å²) >= 11 is 5.93. The summed E-state index contributed by atoms with van der Waals surface area (Å²) in [6, 6.07) is 9.91. The molecule has 3 nitrogen and oxygen atoms in total. The van der Waals surface area contributed by atoms with Crippen LogP contribution in [0.3, 0.4) is 0 Å². The van der Waals surface area contributed by atoms with E-state index in [1.807, 2.05) is 30.3 Å². The molecule has 17 heavy (non-hydrogen) atoms. The van der Waals surface area contributed by atoms with Gasteiger partial charge in [0.25, 0.3) is 0 Å². The van der Waals surface area contributed by atoms with E-state index in [0.717, 1.165) is 17.0 Å². The molecule has 0 aliphatic heterocycles. The van der Waals surface area contributed by atoms with Crippen LogP contribution >= 0.6 is 11.6 Å². The molecule has 1 aromatic heterocycles. The van der Waals surface area contributed by atoms with Crippen molar-refractivity contribution in [2.45, 2.75) is 26.4 Å². The third-order valence-corrected chi connectivity index (χ3v) is 2.59. The normalized spacial score (nSPS) is 11.1. The van der Waals surface area contributed by atoms with Crippen LogP contribution in [0.5, 0.6) is 0 Å². The van der Waals surface area contributed by atoms with Crippen molar-refractivity contribution in [3.8, 4) is 11.3 Å². The first-order valence-electron chi connectivity index (χ1n) is 5.60. The van der Waals surface area contributed by atoms with E-state index in [4.69, 9.17) is 16.1 Å². The highest BCUT2D eigenvalue weighted by Crippen LogP contribution is 2.23. The molecular weight excluding hydrogens is 236 g/mol. The molecule has 1 heterocycles. The Bertz CT molecular complexity index is 494. The number of nitrogens with zero attached hydrogens (tertiary/aromatic N) is 1. The highest BCUT2D eigenvalue weighted by molar-refractivity contribution is 6.30. The molecule has 0 saturated carbocycles. The standard InChI is InChI=1S/C13H15ClN2O/c1-9(2)15-8-12-7-13(17-16-12)10-4-3-5-11(14)6-10/h3-7,9,15H,8H2,1-2H3. The van der Waals surface area contributed by atoms with Crippen molar-refractivity contribution in [2.75, 3.05) is 0 Å². The quantitative estimate of drug-likeness (QED) is 0.903. The molecule has 0 spiro atoms. The van der Waals surface area contributed by atoms with Crippen LogP contribution in [0.25, 0.3) is 11.3 Å². The molecule has 90 valence electrons. The van der Waals surface area contributed by atoms with Gasteiger partial charge in [-0.1, -0.05) is 42.7 Å². The van der Waals surface area contributed by atoms with Crippen molar-refractivity contribution in [3.63, 3.8) is 0 Å². The molecule has 0 radical (unpaired) electrons. The lowest BCUT2D eigenvalue weighted by molar-refractivity contribution is 0.417. The number of benzene rings is 1. The first-order valence-corrected chi connectivity index (χ1v) is 5.98. The minimum absolute atomic E-state index is 0.432. The molecular formula is C13H15ClN2O. The number of aromatic nitrogens is 1. The topological polar surface area (TPSA) is 38.1 Å². The van der Waals surface area contributed by atoms with Crippen molar-refractivity contribution in [1.29, 1.82) is 0 Å². The van der Waals surface area contributed by atoms with Gasteiger partial charge in [0.15, 0.2) is 5.76 Å². The first kappa shape index (κ1) is 12.1. The Morgan fingerprint density at radius 1 is 1.35 bits per heavy atom. The molecule has 0 unspecified atom stereocenters. The summed E-state index contributed by atoms with van der Waals surface area (Å²) in [6.45, 7) is 4.90. The first-order chi connectivity index (χ1) is 8.15. The molecule has 1 aromatic carbocycles. The van der Waals surface area contributed by atoms with Crippen molar-refractivity contribution in [1.82, 2.24) is 10.5 Å². The van der Waals surface area contributed by atoms with Gasteiger partial charge >= 0.3 is 0 Å². The summed E-state index contributed by atoms with van der Waals surface area (Å²) in [4.78, 5) is 0. The van der Waals surface area contributed by atoms with Crippen molar-refractivity contribution in [2.24, 2.45) is 0 Å². The lowest BCUT2D eigenvalue weighted by Gasteiger charge is -2.03. The summed E-state index contributed by atoms with van der Waals surface area (Å²) in [5.41, 5.74) is 1.84. The van der Waals surface area contributed by atoms with E-state index in [0.29, 0.717) is 17.6 Å². The molecule has 4 heteroatoms. The second-order valence-corrected chi connectivity index (χ2v) is 4.66. The molecule has 0 atom stereocenters. The van der Waals surface area contributed by atoms with Crippen LogP contribution in [0.15, 0.2) is 34.9 Å². The number of hydrogen-bond acceptors (Lipinski definition) is 3. The van der Waals surface area contributed by atoms with E-state index < -0.39 is 0 Å². The molecule has 0 bridgehead atoms. The number of hydrogen-bond donors (Lipinski definition) is 1. The molecule has 0 fully saturated rings. The predicted octanol–water partition coefficient (Wildman–Crippen LogP) is 3.49. The average Bonchev–Trinajstić information content (AvgIpc) is 2.75. The summed E-state index contributed by atoms with van der Waals surface area (Å²) in [5, 5.41) is 8.00. The third-order valence-electron chi connectivity index (χ3n) is 2.36. The van der Waals surface area contributed by atoms with Gasteiger partial charge < -0.3 is 9.84 Å². The fraction of sp³-hybridized carbons (Fsp3) is 0.308. The van der Waals surface area contributed by atoms with Crippen LogP contribution in [-0.4, -0.2) is 11.2 Å². The van der Waals surface area contributed by atoms with Crippen molar-refractivity contribution in [3.05, 3.63) is 41.0 Å². The number of nitrogens with one attached hydrogen (secondary N) is 1. The van der Waals surface area contributed by atoms with Gasteiger partial charge in [-0.05, 0) is 12.1 Å². The molecule has 0 amide bonds. The van der Waals surface area contributed by atoms with Crippen molar-refractivity contribution >= 4 is 11.6 Å². The van der Waals surface area contributed by atoms with Gasteiger partial charge in [-0.15, -0.1) is 0 Å². The third kappa shape index (κ3) is 3.32. The van der Waals surface area contributed by atoms with Crippen LogP contribution in [0.2, 0.25) is 5.02 Å². The van der Waals surface area contributed by atoms with Crippen LogP contribution in [0, 0.1) is 0 Å². The minimum Gasteiger partial charge on any atom is -0.356 e. The molecule has 0 aliphatic rings. The average molecular weight is 251 g/mol. The monoisotopic (exact) mass is 250 g/mol. The second kappa shape index (κ2) is 5.34. The highest BCUT2D eigenvalue weighted by Gasteiger charge is 2.07. The molecule has 0 saturated heterocycles. The Labute approximate surface area is 106 Å². The summed E-state index contributed by atoms with van der Waals surface area (Å²) < 4.78 is 5.29. The zero-order valence-electron chi connectivity index (χ0n) is 9.90. The zero-order chi connectivity index (χ0) is 12.3. The smallest absolute Gasteiger partial charge is 0.167 e. The highest BCUT2D eigenvalue weighted by atomic mass is 35.5. The summed E-state index contributed by atoms with van der Waals surface area (Å²) in [7, 11) is 0. The summed E-state index contributed by atoms with van der Waals surface area (Å²) in [6.07, 6.45) is 0. The van der Waals surface area contributed by atoms with E-state index in [9.17, 15) is 0 Å². The molecule has 1 N–H and O–H groups in total. The fourth-order valence-corrected chi connectivity index (χ4v) is 1.67. The van der Waals surface area contributed by atoms with Crippen LogP contribution in [0.1, 0.15) is 19.5 Å². The molecule has 2 rings (SSSR count). The van der Waals surface area contributed by atoms with E-state index >= 15 is 0 Å². The van der Waals surface area contributed by atoms with Gasteiger partial charge in [-0.2, -0.15) is 0 Å². The molecule has 0 aliphatic carbocycles. The van der Waals surface area contributed by atoms with Crippen LogP contribution < -0.4 is 5.32 Å². The van der Waals surface area contributed by atoms with Gasteiger partial charge in [0, 0.05) is 29.2 Å². The maximum Gasteiger partial charge on any atom is 0.167 e. The number of rotatable bonds is 4. The van der Waals surface area contributed by atoms with Gasteiger partial charge in [0.1, 0.15) is 0 Å². The SMILES string of the molecule is CC(C)NCc1cc(-c2cccc(Cl)c2)on1.